The molecule has 0 saturated carbocycles. The predicted octanol–water partition coefficient (Wildman–Crippen LogP) is 2.17. The van der Waals surface area contributed by atoms with Gasteiger partial charge in [0.05, 0.1) is 37.2 Å². The highest BCUT2D eigenvalue weighted by atomic mass is 35.5. The molecular formula is C19H23ClN2O6S. The van der Waals surface area contributed by atoms with E-state index in [2.05, 4.69) is 5.32 Å². The largest absolute Gasteiger partial charge is 0.493 e. The van der Waals surface area contributed by atoms with Gasteiger partial charge >= 0.3 is 0 Å². The van der Waals surface area contributed by atoms with Crippen LogP contribution in [0.4, 0.5) is 0 Å². The SMILES string of the molecule is COc1ccc(S(=O)(=O)N(C)CC(=O)NCCOc2ccccc2Cl)cc1OC. The smallest absolute Gasteiger partial charge is 0.243 e. The van der Waals surface area contributed by atoms with Crippen molar-refractivity contribution < 1.29 is 27.4 Å². The summed E-state index contributed by atoms with van der Waals surface area (Å²) in [6.45, 7) is 0.0543. The second-order valence-corrected chi connectivity index (χ2v) is 8.36. The molecule has 0 aromatic heterocycles. The summed E-state index contributed by atoms with van der Waals surface area (Å²) in [6, 6.07) is 11.2. The molecule has 0 aliphatic carbocycles. The number of likely N-dealkylation sites (N-methyl/N-ethyl adjacent to an activating group) is 1. The monoisotopic (exact) mass is 442 g/mol. The molecule has 0 bridgehead atoms. The first-order valence-electron chi connectivity index (χ1n) is 8.62. The third-order valence-electron chi connectivity index (χ3n) is 3.95. The Bertz CT molecular complexity index is 951. The number of halogens is 1. The van der Waals surface area contributed by atoms with Gasteiger partial charge in [-0.3, -0.25) is 4.79 Å². The molecular weight excluding hydrogens is 420 g/mol. The maximum Gasteiger partial charge on any atom is 0.243 e. The van der Waals surface area contributed by atoms with Gasteiger partial charge in [-0.25, -0.2) is 8.42 Å². The molecule has 2 aromatic rings. The number of carbonyl (C=O) groups is 1. The highest BCUT2D eigenvalue weighted by Crippen LogP contribution is 2.30. The third-order valence-corrected chi connectivity index (χ3v) is 6.06. The van der Waals surface area contributed by atoms with Crippen LogP contribution in [0.3, 0.4) is 0 Å². The van der Waals surface area contributed by atoms with Gasteiger partial charge in [0.2, 0.25) is 15.9 Å². The van der Waals surface area contributed by atoms with Crippen molar-refractivity contribution in [3.05, 3.63) is 47.5 Å². The highest BCUT2D eigenvalue weighted by Gasteiger charge is 2.24. The van der Waals surface area contributed by atoms with Gasteiger partial charge in [-0.15, -0.1) is 0 Å². The Morgan fingerprint density at radius 2 is 1.76 bits per heavy atom. The number of methoxy groups -OCH3 is 2. The van der Waals surface area contributed by atoms with Crippen LogP contribution in [0, 0.1) is 0 Å². The second kappa shape index (κ2) is 10.3. The zero-order valence-corrected chi connectivity index (χ0v) is 17.9. The lowest BCUT2D eigenvalue weighted by Crippen LogP contribution is -2.39. The van der Waals surface area contributed by atoms with Crippen molar-refractivity contribution in [1.29, 1.82) is 0 Å². The molecule has 0 spiro atoms. The lowest BCUT2D eigenvalue weighted by atomic mass is 10.3. The summed E-state index contributed by atoms with van der Waals surface area (Å²) in [4.78, 5) is 12.1. The normalized spacial score (nSPS) is 11.2. The minimum Gasteiger partial charge on any atom is -0.493 e. The average Bonchev–Trinajstić information content (AvgIpc) is 2.71. The number of para-hydroxylation sites is 1. The number of ether oxygens (including phenoxy) is 3. The topological polar surface area (TPSA) is 94.2 Å². The maximum atomic E-state index is 12.7. The van der Waals surface area contributed by atoms with Crippen LogP contribution in [0.5, 0.6) is 17.2 Å². The summed E-state index contributed by atoms with van der Waals surface area (Å²) in [7, 11) is 0.312. The minimum absolute atomic E-state index is 0.00694. The molecule has 10 heteroatoms. The number of rotatable bonds is 10. The van der Waals surface area contributed by atoms with Gasteiger partial charge in [0, 0.05) is 13.1 Å². The molecule has 29 heavy (non-hydrogen) atoms. The van der Waals surface area contributed by atoms with Crippen molar-refractivity contribution in [3.8, 4) is 17.2 Å². The van der Waals surface area contributed by atoms with Crippen LogP contribution in [-0.4, -0.2) is 59.6 Å². The summed E-state index contributed by atoms with van der Waals surface area (Å²) in [5.41, 5.74) is 0. The summed E-state index contributed by atoms with van der Waals surface area (Å²) in [6.07, 6.45) is 0. The first kappa shape index (κ1) is 22.8. The number of hydrogen-bond acceptors (Lipinski definition) is 6. The van der Waals surface area contributed by atoms with Gasteiger partial charge in [0.15, 0.2) is 11.5 Å². The van der Waals surface area contributed by atoms with Gasteiger partial charge in [-0.1, -0.05) is 23.7 Å². The molecule has 2 aromatic carbocycles. The number of amides is 1. The standard InChI is InChI=1S/C19H23ClN2O6S/c1-22(29(24,25)14-8-9-17(26-2)18(12-14)27-3)13-19(23)21-10-11-28-16-7-5-4-6-15(16)20/h4-9,12H,10-11,13H2,1-3H3,(H,21,23). The van der Waals surface area contributed by atoms with Gasteiger partial charge in [0.25, 0.3) is 0 Å². The molecule has 0 heterocycles. The molecule has 0 atom stereocenters. The van der Waals surface area contributed by atoms with Crippen molar-refractivity contribution in [2.45, 2.75) is 4.90 Å². The molecule has 0 aliphatic rings. The molecule has 0 fully saturated rings. The van der Waals surface area contributed by atoms with Crippen LogP contribution in [0.2, 0.25) is 5.02 Å². The summed E-state index contributed by atoms with van der Waals surface area (Å²) >= 11 is 5.98. The fourth-order valence-corrected chi connectivity index (χ4v) is 3.75. The van der Waals surface area contributed by atoms with E-state index in [0.717, 1.165) is 4.31 Å². The molecule has 8 nitrogen and oxygen atoms in total. The third kappa shape index (κ3) is 5.99. The van der Waals surface area contributed by atoms with E-state index in [9.17, 15) is 13.2 Å². The lowest BCUT2D eigenvalue weighted by Gasteiger charge is -2.18. The quantitative estimate of drug-likeness (QED) is 0.567. The van der Waals surface area contributed by atoms with Crippen LogP contribution in [0.1, 0.15) is 0 Å². The number of benzene rings is 2. The fourth-order valence-electron chi connectivity index (χ4n) is 2.41. The minimum atomic E-state index is -3.88. The van der Waals surface area contributed by atoms with Crippen LogP contribution in [0.15, 0.2) is 47.4 Å². The lowest BCUT2D eigenvalue weighted by molar-refractivity contribution is -0.121. The number of nitrogens with zero attached hydrogens (tertiary/aromatic N) is 1. The molecule has 2 rings (SSSR count). The van der Waals surface area contributed by atoms with Crippen molar-refractivity contribution in [1.82, 2.24) is 9.62 Å². The van der Waals surface area contributed by atoms with Crippen molar-refractivity contribution in [3.63, 3.8) is 0 Å². The summed E-state index contributed by atoms with van der Waals surface area (Å²) < 4.78 is 42.1. The molecule has 1 amide bonds. The number of sulfonamides is 1. The van der Waals surface area contributed by atoms with E-state index in [1.54, 1.807) is 24.3 Å². The Morgan fingerprint density at radius 3 is 2.41 bits per heavy atom. The molecule has 1 N–H and O–H groups in total. The zero-order chi connectivity index (χ0) is 21.4. The summed E-state index contributed by atoms with van der Waals surface area (Å²) in [5, 5.41) is 3.08. The van der Waals surface area contributed by atoms with E-state index in [0.29, 0.717) is 16.5 Å². The highest BCUT2D eigenvalue weighted by molar-refractivity contribution is 7.89. The van der Waals surface area contributed by atoms with Crippen molar-refractivity contribution in [2.75, 3.05) is 41.0 Å². The predicted molar refractivity (Wildman–Crippen MR) is 109 cm³/mol. The fraction of sp³-hybridized carbons (Fsp3) is 0.316. The molecule has 0 unspecified atom stereocenters. The first-order chi connectivity index (χ1) is 13.8. The average molecular weight is 443 g/mol. The van der Waals surface area contributed by atoms with Gasteiger partial charge in [-0.2, -0.15) is 4.31 Å². The van der Waals surface area contributed by atoms with Gasteiger partial charge in [0.1, 0.15) is 12.4 Å². The number of carbonyl (C=O) groups excluding carboxylic acids is 1. The Balaban J connectivity index is 1.90. The number of nitrogens with one attached hydrogen (secondary N) is 1. The van der Waals surface area contributed by atoms with E-state index in [1.165, 1.54) is 39.5 Å². The van der Waals surface area contributed by atoms with E-state index in [-0.39, 0.29) is 30.3 Å². The number of hydrogen-bond donors (Lipinski definition) is 1. The zero-order valence-electron chi connectivity index (χ0n) is 16.3. The van der Waals surface area contributed by atoms with Crippen molar-refractivity contribution >= 4 is 27.5 Å². The molecule has 158 valence electrons. The van der Waals surface area contributed by atoms with E-state index >= 15 is 0 Å². The maximum absolute atomic E-state index is 12.7. The van der Waals surface area contributed by atoms with E-state index in [1.807, 2.05) is 0 Å². The van der Waals surface area contributed by atoms with Gasteiger partial charge in [-0.05, 0) is 24.3 Å². The van der Waals surface area contributed by atoms with Gasteiger partial charge < -0.3 is 19.5 Å². The van der Waals surface area contributed by atoms with Crippen LogP contribution < -0.4 is 19.5 Å². The first-order valence-corrected chi connectivity index (χ1v) is 10.4. The van der Waals surface area contributed by atoms with E-state index < -0.39 is 15.9 Å². The van der Waals surface area contributed by atoms with E-state index in [4.69, 9.17) is 25.8 Å². The second-order valence-electron chi connectivity index (χ2n) is 5.91. The molecule has 0 saturated heterocycles. The van der Waals surface area contributed by atoms with Crippen molar-refractivity contribution in [2.24, 2.45) is 0 Å². The van der Waals surface area contributed by atoms with Crippen LogP contribution in [0.25, 0.3) is 0 Å². The molecule has 0 radical (unpaired) electrons. The van der Waals surface area contributed by atoms with Crippen LogP contribution >= 0.6 is 11.6 Å². The summed E-state index contributed by atoms with van der Waals surface area (Å²) in [5.74, 6) is 0.740. The van der Waals surface area contributed by atoms with Crippen LogP contribution in [-0.2, 0) is 14.8 Å². The Hall–Kier alpha value is -2.49. The Morgan fingerprint density at radius 1 is 1.07 bits per heavy atom. The molecule has 0 aliphatic heterocycles. The Kier molecular flexibility index (Phi) is 8.12. The Labute approximate surface area is 175 Å².